The van der Waals surface area contributed by atoms with Crippen molar-refractivity contribution in [2.45, 2.75) is 84.1 Å². The van der Waals surface area contributed by atoms with Crippen LogP contribution >= 0.6 is 11.8 Å². The fraction of sp³-hybridized carbons (Fsp3) is 0.533. The highest BCUT2D eigenvalue weighted by atomic mass is 32.2. The lowest BCUT2D eigenvalue weighted by molar-refractivity contribution is -0.131. The number of hydrogen-bond donors (Lipinski definition) is 1. The number of thioether (sulfide) groups is 1. The van der Waals surface area contributed by atoms with Gasteiger partial charge in [-0.25, -0.2) is 4.39 Å². The summed E-state index contributed by atoms with van der Waals surface area (Å²) >= 11 is 1.65. The Labute approximate surface area is 218 Å². The summed E-state index contributed by atoms with van der Waals surface area (Å²) in [4.78, 5) is 16.9. The van der Waals surface area contributed by atoms with Crippen LogP contribution in [0.25, 0.3) is 11.1 Å². The number of hydrogen-bond acceptors (Lipinski definition) is 3. The first-order valence-corrected chi connectivity index (χ1v) is 14.4. The van der Waals surface area contributed by atoms with Crippen molar-refractivity contribution in [1.29, 1.82) is 5.41 Å². The van der Waals surface area contributed by atoms with Crippen molar-refractivity contribution in [3.05, 3.63) is 58.0 Å². The molecule has 1 N–H and O–H groups in total. The molecule has 2 aromatic rings. The molecule has 0 radical (unpaired) electrons. The van der Waals surface area contributed by atoms with Crippen molar-refractivity contribution in [1.82, 2.24) is 9.47 Å². The number of nitrogens with zero attached hydrogens (tertiary/aromatic N) is 2. The SMILES string of the molecule is Cc1cc(-c2cc(C3CCCCC3)n(CC(=O)N3CCC4=C(CC3)SC(=N)C(C)CC4)c2)ccc1F. The number of rotatable bonds is 4. The Balaban J connectivity index is 1.34. The Morgan fingerprint density at radius 3 is 2.61 bits per heavy atom. The van der Waals surface area contributed by atoms with Gasteiger partial charge in [-0.2, -0.15) is 0 Å². The number of carbonyl (C=O) groups excluding carboxylic acids is 1. The van der Waals surface area contributed by atoms with Gasteiger partial charge in [0.25, 0.3) is 0 Å². The predicted molar refractivity (Wildman–Crippen MR) is 147 cm³/mol. The second-order valence-corrected chi connectivity index (χ2v) is 12.0. The molecule has 1 atom stereocenters. The zero-order valence-corrected chi connectivity index (χ0v) is 22.4. The van der Waals surface area contributed by atoms with E-state index in [1.54, 1.807) is 24.8 Å². The molecule has 5 rings (SSSR count). The number of benzene rings is 1. The Kier molecular flexibility index (Phi) is 7.71. The molecule has 36 heavy (non-hydrogen) atoms. The van der Waals surface area contributed by atoms with E-state index >= 15 is 0 Å². The standard InChI is InChI=1S/C30H38FN3OS/c1-20-8-9-23-12-14-33(15-13-28(23)36-30(20)32)29(35)19-34-18-25(24-10-11-26(31)21(2)16-24)17-27(34)22-6-4-3-5-7-22/h10-11,16-18,20,22,32H,3-9,12-15,19H2,1-2H3. The van der Waals surface area contributed by atoms with Crippen molar-refractivity contribution in [2.24, 2.45) is 5.92 Å². The normalized spacial score (nSPS) is 21.8. The summed E-state index contributed by atoms with van der Waals surface area (Å²) in [5, 5.41) is 9.13. The number of amides is 1. The summed E-state index contributed by atoms with van der Waals surface area (Å²) in [6.07, 6.45) is 12.1. The third-order valence-electron chi connectivity index (χ3n) is 8.35. The zero-order valence-electron chi connectivity index (χ0n) is 21.6. The molecule has 3 aliphatic rings. The number of aromatic nitrogens is 1. The third-order valence-corrected chi connectivity index (χ3v) is 9.71. The summed E-state index contributed by atoms with van der Waals surface area (Å²) in [6, 6.07) is 7.54. The second kappa shape index (κ2) is 11.0. The average Bonchev–Trinajstić information content (AvgIpc) is 3.11. The van der Waals surface area contributed by atoms with Crippen LogP contribution in [0.15, 0.2) is 40.9 Å². The molecule has 1 saturated carbocycles. The van der Waals surface area contributed by atoms with Gasteiger partial charge in [0, 0.05) is 30.9 Å². The van der Waals surface area contributed by atoms with E-state index in [1.165, 1.54) is 48.3 Å². The van der Waals surface area contributed by atoms with Crippen molar-refractivity contribution in [2.75, 3.05) is 13.1 Å². The predicted octanol–water partition coefficient (Wildman–Crippen LogP) is 7.67. The van der Waals surface area contributed by atoms with Crippen LogP contribution in [0.2, 0.25) is 0 Å². The number of halogens is 1. The maximum Gasteiger partial charge on any atom is 0.242 e. The largest absolute Gasteiger partial charge is 0.341 e. The van der Waals surface area contributed by atoms with Crippen LogP contribution in [0.5, 0.6) is 0 Å². The molecule has 1 aromatic carbocycles. The minimum atomic E-state index is -0.184. The molecule has 1 aromatic heterocycles. The molecule has 1 aliphatic carbocycles. The summed E-state index contributed by atoms with van der Waals surface area (Å²) in [7, 11) is 0. The van der Waals surface area contributed by atoms with Crippen LogP contribution in [0.1, 0.15) is 81.9 Å². The molecule has 1 unspecified atom stereocenters. The highest BCUT2D eigenvalue weighted by molar-refractivity contribution is 8.17. The smallest absolute Gasteiger partial charge is 0.242 e. The lowest BCUT2D eigenvalue weighted by Gasteiger charge is -2.25. The van der Waals surface area contributed by atoms with Crippen molar-refractivity contribution < 1.29 is 9.18 Å². The molecule has 2 aliphatic heterocycles. The third kappa shape index (κ3) is 5.49. The maximum atomic E-state index is 13.9. The number of nitrogens with one attached hydrogen (secondary N) is 1. The Morgan fingerprint density at radius 2 is 1.83 bits per heavy atom. The van der Waals surface area contributed by atoms with E-state index in [9.17, 15) is 9.18 Å². The van der Waals surface area contributed by atoms with E-state index < -0.39 is 0 Å². The van der Waals surface area contributed by atoms with Crippen LogP contribution in [0, 0.1) is 24.1 Å². The van der Waals surface area contributed by atoms with Crippen LogP contribution < -0.4 is 0 Å². The van der Waals surface area contributed by atoms with Gasteiger partial charge in [-0.1, -0.05) is 49.6 Å². The summed E-state index contributed by atoms with van der Waals surface area (Å²) < 4.78 is 16.1. The van der Waals surface area contributed by atoms with Gasteiger partial charge in [0.05, 0.1) is 5.04 Å². The molecular weight excluding hydrogens is 469 g/mol. The molecular formula is C30H38FN3OS. The molecule has 0 saturated heterocycles. The molecule has 4 nitrogen and oxygen atoms in total. The molecule has 6 heteroatoms. The molecule has 192 valence electrons. The van der Waals surface area contributed by atoms with Gasteiger partial charge >= 0.3 is 0 Å². The van der Waals surface area contributed by atoms with Crippen molar-refractivity contribution in [3.63, 3.8) is 0 Å². The van der Waals surface area contributed by atoms with Gasteiger partial charge in [0.15, 0.2) is 0 Å². The van der Waals surface area contributed by atoms with Gasteiger partial charge < -0.3 is 9.47 Å². The van der Waals surface area contributed by atoms with Gasteiger partial charge in [-0.3, -0.25) is 10.2 Å². The molecule has 0 bridgehead atoms. The van der Waals surface area contributed by atoms with Crippen molar-refractivity contribution in [3.8, 4) is 11.1 Å². The zero-order chi connectivity index (χ0) is 25.2. The molecule has 0 spiro atoms. The summed E-state index contributed by atoms with van der Waals surface area (Å²) in [5.74, 6) is 0.811. The van der Waals surface area contributed by atoms with E-state index in [-0.39, 0.29) is 11.7 Å². The first kappa shape index (κ1) is 25.3. The number of aryl methyl sites for hydroxylation is 1. The van der Waals surface area contributed by atoms with Crippen LogP contribution in [0.4, 0.5) is 4.39 Å². The van der Waals surface area contributed by atoms with Gasteiger partial charge in [0.2, 0.25) is 5.91 Å². The summed E-state index contributed by atoms with van der Waals surface area (Å²) in [6.45, 7) is 5.81. The first-order valence-electron chi connectivity index (χ1n) is 13.6. The van der Waals surface area contributed by atoms with Gasteiger partial charge in [-0.15, -0.1) is 0 Å². The van der Waals surface area contributed by atoms with Crippen LogP contribution in [0.3, 0.4) is 0 Å². The fourth-order valence-electron chi connectivity index (χ4n) is 5.96. The summed E-state index contributed by atoms with van der Waals surface area (Å²) in [5.41, 5.74) is 5.44. The van der Waals surface area contributed by atoms with Crippen LogP contribution in [-0.4, -0.2) is 33.5 Å². The average molecular weight is 508 g/mol. The van der Waals surface area contributed by atoms with E-state index in [0.717, 1.165) is 54.9 Å². The van der Waals surface area contributed by atoms with Gasteiger partial charge in [-0.05, 0) is 91.2 Å². The van der Waals surface area contributed by atoms with Crippen molar-refractivity contribution >= 4 is 22.7 Å². The highest BCUT2D eigenvalue weighted by Gasteiger charge is 2.27. The first-order chi connectivity index (χ1) is 17.4. The minimum Gasteiger partial charge on any atom is -0.341 e. The Hall–Kier alpha value is -2.34. The molecule has 3 heterocycles. The lowest BCUT2D eigenvalue weighted by Crippen LogP contribution is -2.35. The van der Waals surface area contributed by atoms with E-state index in [4.69, 9.17) is 5.41 Å². The second-order valence-electron chi connectivity index (χ2n) is 10.9. The maximum absolute atomic E-state index is 13.9. The Morgan fingerprint density at radius 1 is 1.06 bits per heavy atom. The lowest BCUT2D eigenvalue weighted by atomic mass is 9.86. The minimum absolute atomic E-state index is 0.176. The van der Waals surface area contributed by atoms with E-state index in [0.29, 0.717) is 23.9 Å². The van der Waals surface area contributed by atoms with Gasteiger partial charge in [0.1, 0.15) is 12.4 Å². The Bertz CT molecular complexity index is 1180. The fourth-order valence-corrected chi connectivity index (χ4v) is 7.09. The monoisotopic (exact) mass is 507 g/mol. The topological polar surface area (TPSA) is 49.1 Å². The molecule has 1 amide bonds. The van der Waals surface area contributed by atoms with E-state index in [1.807, 2.05) is 17.0 Å². The number of carbonyl (C=O) groups is 1. The van der Waals surface area contributed by atoms with E-state index in [2.05, 4.69) is 23.8 Å². The molecule has 1 fully saturated rings. The highest BCUT2D eigenvalue weighted by Crippen LogP contribution is 2.39. The quantitative estimate of drug-likeness (QED) is 0.462. The van der Waals surface area contributed by atoms with Crippen LogP contribution in [-0.2, 0) is 11.3 Å².